The molecule has 3 heteroatoms. The van der Waals surface area contributed by atoms with Crippen LogP contribution in [0.15, 0.2) is 42.5 Å². The lowest BCUT2D eigenvalue weighted by molar-refractivity contribution is -0.318. The van der Waals surface area contributed by atoms with Gasteiger partial charge in [0.25, 0.3) is 0 Å². The summed E-state index contributed by atoms with van der Waals surface area (Å²) in [6.07, 6.45) is 6.87. The summed E-state index contributed by atoms with van der Waals surface area (Å²) in [6, 6.07) is 10.4. The predicted molar refractivity (Wildman–Crippen MR) is 107 cm³/mol. The molecule has 1 aromatic carbocycles. The predicted octanol–water partition coefficient (Wildman–Crippen LogP) is 5.74. The third kappa shape index (κ3) is 6.22. The molecule has 0 saturated carbocycles. The second-order valence-corrected chi connectivity index (χ2v) is 8.58. The Morgan fingerprint density at radius 2 is 1.85 bits per heavy atom. The van der Waals surface area contributed by atoms with Crippen LogP contribution in [0.25, 0.3) is 0 Å². The number of rotatable bonds is 8. The molecule has 0 unspecified atom stereocenters. The molecule has 1 aliphatic rings. The van der Waals surface area contributed by atoms with Crippen LogP contribution >= 0.6 is 0 Å². The number of ether oxygens (including phenoxy) is 3. The van der Waals surface area contributed by atoms with Gasteiger partial charge >= 0.3 is 0 Å². The van der Waals surface area contributed by atoms with Gasteiger partial charge in [0.05, 0.1) is 25.4 Å². The minimum atomic E-state index is -0.519. The van der Waals surface area contributed by atoms with Crippen LogP contribution in [0.5, 0.6) is 0 Å². The van der Waals surface area contributed by atoms with Gasteiger partial charge in [0.2, 0.25) is 0 Å². The van der Waals surface area contributed by atoms with Crippen LogP contribution < -0.4 is 0 Å². The van der Waals surface area contributed by atoms with Gasteiger partial charge in [0, 0.05) is 11.3 Å². The molecule has 146 valence electrons. The van der Waals surface area contributed by atoms with Gasteiger partial charge in [0.15, 0.2) is 5.79 Å². The molecule has 0 spiro atoms. The van der Waals surface area contributed by atoms with Crippen LogP contribution in [0, 0.1) is 11.3 Å². The quantitative estimate of drug-likeness (QED) is 0.553. The zero-order valence-electron chi connectivity index (χ0n) is 17.3. The monoisotopic (exact) mass is 360 g/mol. The van der Waals surface area contributed by atoms with Gasteiger partial charge in [-0.2, -0.15) is 0 Å². The standard InChI is InChI=1S/C23H36O3/c1-7-11-20(24-16-19-12-9-8-10-13-19)15-14-18(2)21-22(3,4)17-25-23(5,6)26-21/h8-10,12-15,18,20-21H,7,11,16-17H2,1-6H3/t18-,20+,21+/m1/s1. The fourth-order valence-corrected chi connectivity index (χ4v) is 3.46. The molecule has 2 rings (SSSR count). The third-order valence-corrected chi connectivity index (χ3v) is 4.96. The molecule has 0 bridgehead atoms. The van der Waals surface area contributed by atoms with Crippen LogP contribution in [-0.2, 0) is 20.8 Å². The fraction of sp³-hybridized carbons (Fsp3) is 0.652. The summed E-state index contributed by atoms with van der Waals surface area (Å²) in [5.74, 6) is -0.220. The van der Waals surface area contributed by atoms with Gasteiger partial charge in [0.1, 0.15) is 0 Å². The van der Waals surface area contributed by atoms with Gasteiger partial charge in [-0.1, -0.05) is 76.6 Å². The molecular weight excluding hydrogens is 324 g/mol. The average molecular weight is 361 g/mol. The van der Waals surface area contributed by atoms with Crippen LogP contribution in [0.3, 0.4) is 0 Å². The van der Waals surface area contributed by atoms with Crippen LogP contribution in [0.1, 0.15) is 59.9 Å². The maximum absolute atomic E-state index is 6.26. The first kappa shape index (κ1) is 21.1. The third-order valence-electron chi connectivity index (χ3n) is 4.96. The van der Waals surface area contributed by atoms with Crippen molar-refractivity contribution in [1.29, 1.82) is 0 Å². The molecule has 1 aliphatic heterocycles. The van der Waals surface area contributed by atoms with Crippen molar-refractivity contribution in [2.75, 3.05) is 6.61 Å². The average Bonchev–Trinajstić information content (AvgIpc) is 2.60. The van der Waals surface area contributed by atoms with E-state index in [2.05, 4.69) is 64.1 Å². The fourth-order valence-electron chi connectivity index (χ4n) is 3.46. The molecule has 1 heterocycles. The van der Waals surface area contributed by atoms with E-state index in [1.165, 1.54) is 5.56 Å². The van der Waals surface area contributed by atoms with Crippen molar-refractivity contribution < 1.29 is 14.2 Å². The number of hydrogen-bond acceptors (Lipinski definition) is 3. The first-order valence-corrected chi connectivity index (χ1v) is 9.89. The molecule has 26 heavy (non-hydrogen) atoms. The minimum absolute atomic E-state index is 0.00950. The Balaban J connectivity index is 1.98. The lowest BCUT2D eigenvalue weighted by Gasteiger charge is -2.47. The molecule has 0 N–H and O–H groups in total. The van der Waals surface area contributed by atoms with E-state index < -0.39 is 5.79 Å². The Morgan fingerprint density at radius 1 is 1.15 bits per heavy atom. The Bertz CT molecular complexity index is 562. The van der Waals surface area contributed by atoms with Gasteiger partial charge in [-0.25, -0.2) is 0 Å². The van der Waals surface area contributed by atoms with E-state index in [0.29, 0.717) is 19.1 Å². The molecule has 0 aromatic heterocycles. The van der Waals surface area contributed by atoms with E-state index in [1.807, 2.05) is 19.9 Å². The second-order valence-electron chi connectivity index (χ2n) is 8.58. The van der Waals surface area contributed by atoms with E-state index in [4.69, 9.17) is 14.2 Å². The summed E-state index contributed by atoms with van der Waals surface area (Å²) < 4.78 is 18.2. The zero-order valence-corrected chi connectivity index (χ0v) is 17.3. The Morgan fingerprint density at radius 3 is 2.50 bits per heavy atom. The second kappa shape index (κ2) is 9.16. The van der Waals surface area contributed by atoms with Crippen LogP contribution in [0.4, 0.5) is 0 Å². The zero-order chi connectivity index (χ0) is 19.2. The van der Waals surface area contributed by atoms with E-state index >= 15 is 0 Å². The smallest absolute Gasteiger partial charge is 0.163 e. The SMILES string of the molecule is CCC[C@@H](C=C[C@@H](C)[C@@H]1OC(C)(C)OCC1(C)C)OCc1ccccc1. The van der Waals surface area contributed by atoms with Crippen molar-refractivity contribution in [3.63, 3.8) is 0 Å². The highest BCUT2D eigenvalue weighted by atomic mass is 16.7. The molecule has 0 aliphatic carbocycles. The van der Waals surface area contributed by atoms with Crippen LogP contribution in [-0.4, -0.2) is 24.6 Å². The normalized spacial score (nSPS) is 24.5. The van der Waals surface area contributed by atoms with Gasteiger partial charge in [-0.05, 0) is 25.8 Å². The molecular formula is C23H36O3. The number of benzene rings is 1. The highest BCUT2D eigenvalue weighted by Crippen LogP contribution is 2.38. The largest absolute Gasteiger partial charge is 0.369 e. The first-order chi connectivity index (χ1) is 12.2. The molecule has 3 atom stereocenters. The van der Waals surface area contributed by atoms with Crippen molar-refractivity contribution in [3.8, 4) is 0 Å². The summed E-state index contributed by atoms with van der Waals surface area (Å²) >= 11 is 0. The molecule has 1 saturated heterocycles. The Kier molecular flexibility index (Phi) is 7.45. The minimum Gasteiger partial charge on any atom is -0.369 e. The van der Waals surface area contributed by atoms with Crippen molar-refractivity contribution in [2.45, 2.75) is 79.0 Å². The molecule has 3 nitrogen and oxygen atoms in total. The summed E-state index contributed by atoms with van der Waals surface area (Å²) in [5, 5.41) is 0. The van der Waals surface area contributed by atoms with E-state index in [1.54, 1.807) is 0 Å². The highest BCUT2D eigenvalue weighted by Gasteiger charge is 2.43. The van der Waals surface area contributed by atoms with Crippen molar-refractivity contribution >= 4 is 0 Å². The van der Waals surface area contributed by atoms with E-state index in [-0.39, 0.29) is 17.6 Å². The van der Waals surface area contributed by atoms with Gasteiger partial charge in [-0.3, -0.25) is 0 Å². The maximum atomic E-state index is 6.26. The molecule has 1 fully saturated rings. The van der Waals surface area contributed by atoms with Gasteiger partial charge in [-0.15, -0.1) is 0 Å². The van der Waals surface area contributed by atoms with E-state index in [9.17, 15) is 0 Å². The lowest BCUT2D eigenvalue weighted by Crippen LogP contribution is -2.52. The topological polar surface area (TPSA) is 27.7 Å². The first-order valence-electron chi connectivity index (χ1n) is 9.89. The summed E-state index contributed by atoms with van der Waals surface area (Å²) in [6.45, 7) is 14.2. The van der Waals surface area contributed by atoms with Crippen molar-refractivity contribution in [2.24, 2.45) is 11.3 Å². The van der Waals surface area contributed by atoms with Crippen molar-refractivity contribution in [1.82, 2.24) is 0 Å². The molecule has 0 amide bonds. The Hall–Kier alpha value is -1.16. The van der Waals surface area contributed by atoms with Gasteiger partial charge < -0.3 is 14.2 Å². The number of hydrogen-bond donors (Lipinski definition) is 0. The summed E-state index contributed by atoms with van der Waals surface area (Å²) in [4.78, 5) is 0. The lowest BCUT2D eigenvalue weighted by atomic mass is 9.79. The van der Waals surface area contributed by atoms with Crippen molar-refractivity contribution in [3.05, 3.63) is 48.0 Å². The summed E-state index contributed by atoms with van der Waals surface area (Å²) in [7, 11) is 0. The maximum Gasteiger partial charge on any atom is 0.163 e. The Labute approximate surface area is 159 Å². The highest BCUT2D eigenvalue weighted by molar-refractivity contribution is 5.13. The summed E-state index contributed by atoms with van der Waals surface area (Å²) in [5.41, 5.74) is 1.20. The molecule has 0 radical (unpaired) electrons. The van der Waals surface area contributed by atoms with Crippen LogP contribution in [0.2, 0.25) is 0 Å². The van der Waals surface area contributed by atoms with E-state index in [0.717, 1.165) is 12.8 Å². The molecule has 1 aromatic rings.